The Morgan fingerprint density at radius 3 is 0.902 bits per heavy atom. The second kappa shape index (κ2) is 27.3. The van der Waals surface area contributed by atoms with Crippen molar-refractivity contribution in [1.82, 2.24) is 0 Å². The van der Waals surface area contributed by atoms with Gasteiger partial charge in [0.15, 0.2) is 6.10 Å². The van der Waals surface area contributed by atoms with Crippen LogP contribution in [0, 0.1) is 0 Å². The number of aliphatic hydroxyl groups excluding tert-OH is 3. The first-order chi connectivity index (χ1) is 24.1. The van der Waals surface area contributed by atoms with Crippen molar-refractivity contribution in [3.63, 3.8) is 0 Å². The maximum atomic E-state index is 12.3. The predicted octanol–water partition coefficient (Wildman–Crippen LogP) is 2.75. The predicted molar refractivity (Wildman–Crippen MR) is 165 cm³/mol. The molecule has 296 valence electrons. The van der Waals surface area contributed by atoms with Gasteiger partial charge in [-0.1, -0.05) is 20.8 Å². The van der Waals surface area contributed by atoms with Crippen molar-refractivity contribution in [2.45, 2.75) is 104 Å². The van der Waals surface area contributed by atoms with E-state index in [4.69, 9.17) is 56.8 Å². The van der Waals surface area contributed by atoms with Gasteiger partial charge in [0, 0.05) is 0 Å². The first kappa shape index (κ1) is 46.5. The monoisotopic (exact) mass is 746 g/mol. The normalized spacial score (nSPS) is 14.8. The molecule has 0 aliphatic heterocycles. The highest BCUT2D eigenvalue weighted by molar-refractivity contribution is 5.63. The summed E-state index contributed by atoms with van der Waals surface area (Å²) in [4.78, 5) is 71.5. The number of hydrogen-bond donors (Lipinski definition) is 3. The first-order valence-electron chi connectivity index (χ1n) is 16.0. The van der Waals surface area contributed by atoms with Crippen LogP contribution in [0.25, 0.3) is 0 Å². The lowest BCUT2D eigenvalue weighted by Gasteiger charge is -2.19. The van der Waals surface area contributed by atoms with Gasteiger partial charge in [0.1, 0.15) is 71.2 Å². The fourth-order valence-corrected chi connectivity index (χ4v) is 2.79. The molecule has 0 bridgehead atoms. The van der Waals surface area contributed by atoms with Crippen LogP contribution in [0.1, 0.15) is 60.8 Å². The molecule has 21 heteroatoms. The number of hydrogen-bond acceptors (Lipinski definition) is 21. The third-order valence-electron chi connectivity index (χ3n) is 5.83. The lowest BCUT2D eigenvalue weighted by Crippen LogP contribution is -2.33. The molecular formula is C30H50O21. The second-order valence-electron chi connectivity index (χ2n) is 10.7. The summed E-state index contributed by atoms with van der Waals surface area (Å²) in [6, 6.07) is 0. The molecule has 6 unspecified atom stereocenters. The van der Waals surface area contributed by atoms with Crippen molar-refractivity contribution in [2.75, 3.05) is 52.9 Å². The molecule has 0 heterocycles. The molecule has 21 nitrogen and oxygen atoms in total. The van der Waals surface area contributed by atoms with Crippen molar-refractivity contribution < 1.29 is 101 Å². The van der Waals surface area contributed by atoms with Crippen LogP contribution in [0.2, 0.25) is 0 Å². The van der Waals surface area contributed by atoms with Crippen molar-refractivity contribution in [2.24, 2.45) is 0 Å². The van der Waals surface area contributed by atoms with Crippen molar-refractivity contribution in [1.29, 1.82) is 0 Å². The summed E-state index contributed by atoms with van der Waals surface area (Å²) in [5.74, 6) is 0. The van der Waals surface area contributed by atoms with E-state index in [0.717, 1.165) is 0 Å². The Bertz CT molecular complexity index is 983. The molecule has 51 heavy (non-hydrogen) atoms. The largest absolute Gasteiger partial charge is 0.508 e. The van der Waals surface area contributed by atoms with Gasteiger partial charge in [0.05, 0.1) is 18.3 Å². The smallest absolute Gasteiger partial charge is 0.432 e. The molecule has 0 aliphatic rings. The van der Waals surface area contributed by atoms with E-state index < -0.39 is 113 Å². The van der Waals surface area contributed by atoms with Gasteiger partial charge in [-0.15, -0.1) is 0 Å². The molecule has 0 aromatic rings. The summed E-state index contributed by atoms with van der Waals surface area (Å²) in [6.07, 6.45) is -13.4. The number of ether oxygens (including phenoxy) is 12. The summed E-state index contributed by atoms with van der Waals surface area (Å²) in [5, 5.41) is 28.3. The number of carbonyl (C=O) groups is 6. The minimum Gasteiger partial charge on any atom is -0.432 e. The van der Waals surface area contributed by atoms with Gasteiger partial charge in [0.2, 0.25) is 0 Å². The highest BCUT2D eigenvalue weighted by atomic mass is 16.8. The molecule has 0 saturated carbocycles. The van der Waals surface area contributed by atoms with Crippen LogP contribution < -0.4 is 0 Å². The molecule has 0 aromatic heterocycles. The summed E-state index contributed by atoms with van der Waals surface area (Å²) in [7, 11) is 0. The molecule has 0 spiro atoms. The Morgan fingerprint density at radius 2 is 0.608 bits per heavy atom. The summed E-state index contributed by atoms with van der Waals surface area (Å²) >= 11 is 0. The van der Waals surface area contributed by atoms with Crippen LogP contribution in [0.15, 0.2) is 0 Å². The molecule has 0 radical (unpaired) electrons. The molecule has 0 aliphatic carbocycles. The molecular weight excluding hydrogens is 696 g/mol. The first-order valence-corrected chi connectivity index (χ1v) is 16.0. The molecule has 0 amide bonds. The van der Waals surface area contributed by atoms with E-state index in [9.17, 15) is 44.1 Å². The van der Waals surface area contributed by atoms with Crippen LogP contribution in [0.5, 0.6) is 0 Å². The number of aliphatic hydroxyl groups is 3. The van der Waals surface area contributed by atoms with E-state index in [1.165, 1.54) is 20.8 Å². The zero-order chi connectivity index (χ0) is 38.8. The van der Waals surface area contributed by atoms with E-state index in [2.05, 4.69) is 0 Å². The topological polar surface area (TPSA) is 274 Å². The SMILES string of the molecule is CCC(O)COC(=O)OC(C)COC(=O)OCC(COC(=O)OCC(C)OC(=O)OCC(O)CC)OC(=O)OCC(C)OC(=O)OCC(O)CC. The number of carbonyl (C=O) groups excluding carboxylic acids is 6. The van der Waals surface area contributed by atoms with Gasteiger partial charge < -0.3 is 72.2 Å². The Hall–Kier alpha value is -4.50. The third kappa shape index (κ3) is 26.0. The quantitative estimate of drug-likeness (QED) is 0.100. The Labute approximate surface area is 294 Å². The van der Waals surface area contributed by atoms with E-state index in [1.807, 2.05) is 0 Å². The molecule has 0 fully saturated rings. The zero-order valence-electron chi connectivity index (χ0n) is 29.5. The second-order valence-corrected chi connectivity index (χ2v) is 10.7. The summed E-state index contributed by atoms with van der Waals surface area (Å²) in [6.45, 7) is 5.28. The minimum absolute atomic E-state index is 0.292. The highest BCUT2D eigenvalue weighted by Gasteiger charge is 2.24. The average Bonchev–Trinajstić information content (AvgIpc) is 3.09. The van der Waals surface area contributed by atoms with Crippen molar-refractivity contribution in [3.05, 3.63) is 0 Å². The number of rotatable bonds is 23. The van der Waals surface area contributed by atoms with Gasteiger partial charge in [-0.05, 0) is 40.0 Å². The van der Waals surface area contributed by atoms with E-state index in [-0.39, 0.29) is 19.8 Å². The molecule has 3 N–H and O–H groups in total. The highest BCUT2D eigenvalue weighted by Crippen LogP contribution is 2.06. The lowest BCUT2D eigenvalue weighted by molar-refractivity contribution is -0.0627. The zero-order valence-corrected chi connectivity index (χ0v) is 29.5. The lowest BCUT2D eigenvalue weighted by atomic mass is 10.3. The Kier molecular flexibility index (Phi) is 24.8. The van der Waals surface area contributed by atoms with Gasteiger partial charge >= 0.3 is 36.9 Å². The van der Waals surface area contributed by atoms with Crippen LogP contribution in [-0.2, 0) is 56.8 Å². The standard InChI is InChI=1S/C30H50O21/c1-7-21(31)13-43-27(36)48-18(4)10-40-25(34)46-16-24(51-30(39)42-12-20(6)50-29(38)45-15-23(33)9-3)17-47-26(35)41-11-19(5)49-28(37)44-14-22(32)8-2/h18-24,31-33H,7-17H2,1-6H3. The van der Waals surface area contributed by atoms with Crippen LogP contribution in [-0.4, -0.2) is 148 Å². The Morgan fingerprint density at radius 1 is 0.373 bits per heavy atom. The fourth-order valence-electron chi connectivity index (χ4n) is 2.79. The van der Waals surface area contributed by atoms with Gasteiger partial charge in [0.25, 0.3) is 0 Å². The molecule has 0 aromatic carbocycles. The summed E-state index contributed by atoms with van der Waals surface area (Å²) < 4.78 is 58.1. The minimum atomic E-state index is -1.50. The van der Waals surface area contributed by atoms with Crippen molar-refractivity contribution >= 4 is 36.9 Å². The van der Waals surface area contributed by atoms with Gasteiger partial charge in [-0.3, -0.25) is 0 Å². The van der Waals surface area contributed by atoms with E-state index in [0.29, 0.717) is 19.3 Å². The van der Waals surface area contributed by atoms with Gasteiger partial charge in [-0.2, -0.15) is 0 Å². The van der Waals surface area contributed by atoms with E-state index in [1.54, 1.807) is 20.8 Å². The maximum Gasteiger partial charge on any atom is 0.508 e. The molecule has 6 atom stereocenters. The van der Waals surface area contributed by atoms with Crippen LogP contribution >= 0.6 is 0 Å². The van der Waals surface area contributed by atoms with Crippen LogP contribution in [0.4, 0.5) is 28.8 Å². The van der Waals surface area contributed by atoms with Crippen LogP contribution in [0.3, 0.4) is 0 Å². The fraction of sp³-hybridized carbons (Fsp3) is 0.800. The average molecular weight is 747 g/mol. The Balaban J connectivity index is 4.98. The summed E-state index contributed by atoms with van der Waals surface area (Å²) in [5.41, 5.74) is 0. The molecule has 0 saturated heterocycles. The third-order valence-corrected chi connectivity index (χ3v) is 5.83. The van der Waals surface area contributed by atoms with E-state index >= 15 is 0 Å². The van der Waals surface area contributed by atoms with Gasteiger partial charge in [-0.25, -0.2) is 28.8 Å². The maximum absolute atomic E-state index is 12.3. The van der Waals surface area contributed by atoms with Crippen molar-refractivity contribution in [3.8, 4) is 0 Å². The molecule has 0 rings (SSSR count).